The third-order valence-corrected chi connectivity index (χ3v) is 8.45. The molecule has 1 aromatic heterocycles. The minimum Gasteiger partial charge on any atom is -0.508 e. The number of anilines is 1. The van der Waals surface area contributed by atoms with Crippen molar-refractivity contribution in [2.75, 3.05) is 25.5 Å². The fourth-order valence-corrected chi connectivity index (χ4v) is 5.87. The van der Waals surface area contributed by atoms with Gasteiger partial charge in [0.1, 0.15) is 11.4 Å². The molecule has 0 unspecified atom stereocenters. The van der Waals surface area contributed by atoms with Crippen molar-refractivity contribution in [1.29, 1.82) is 0 Å². The summed E-state index contributed by atoms with van der Waals surface area (Å²) in [6.45, 7) is 2.85. The van der Waals surface area contributed by atoms with Crippen molar-refractivity contribution < 1.29 is 29.6 Å². The average molecular weight is 635 g/mol. The maximum Gasteiger partial charge on any atom is 0.275 e. The van der Waals surface area contributed by atoms with Crippen molar-refractivity contribution in [3.05, 3.63) is 131 Å². The normalized spacial score (nSPS) is 20.3. The van der Waals surface area contributed by atoms with Gasteiger partial charge in [-0.05, 0) is 60.1 Å². The molecule has 1 aliphatic rings. The zero-order chi connectivity index (χ0) is 32.9. The van der Waals surface area contributed by atoms with Gasteiger partial charge in [-0.3, -0.25) is 9.78 Å². The smallest absolute Gasteiger partial charge is 0.275 e. The number of benzene rings is 4. The summed E-state index contributed by atoms with van der Waals surface area (Å²) in [5.41, 5.74) is 5.22. The number of rotatable bonds is 10. The van der Waals surface area contributed by atoms with E-state index in [2.05, 4.69) is 22.2 Å². The number of para-hydroxylation sites is 2. The molecular weight excluding hydrogens is 596 g/mol. The van der Waals surface area contributed by atoms with E-state index in [-0.39, 0.29) is 42.1 Å². The Hall–Kier alpha value is -4.71. The minimum absolute atomic E-state index is 0.0503. The van der Waals surface area contributed by atoms with E-state index < -0.39 is 12.4 Å². The molecule has 4 aromatic carbocycles. The second kappa shape index (κ2) is 14.4. The van der Waals surface area contributed by atoms with E-state index in [1.165, 1.54) is 6.20 Å². The number of hydrogen-bond donors (Lipinski definition) is 4. The summed E-state index contributed by atoms with van der Waals surface area (Å²) in [6, 6.07) is 29.0. The number of aliphatic hydroxyl groups excluding tert-OH is 2. The van der Waals surface area contributed by atoms with Crippen molar-refractivity contribution in [3.8, 4) is 5.75 Å². The zero-order valence-corrected chi connectivity index (χ0v) is 26.2. The number of carbonyl (C=O) groups excluding carboxylic acids is 1. The highest BCUT2D eigenvalue weighted by Crippen LogP contribution is 2.42. The highest BCUT2D eigenvalue weighted by molar-refractivity contribution is 6.03. The molecular formula is C37H38N4O6. The molecule has 0 aliphatic carbocycles. The van der Waals surface area contributed by atoms with Gasteiger partial charge in [-0.25, -0.2) is 4.98 Å². The molecule has 1 aliphatic heterocycles. The minimum atomic E-state index is -0.799. The summed E-state index contributed by atoms with van der Waals surface area (Å²) in [7, 11) is 1.92. The van der Waals surface area contributed by atoms with Crippen LogP contribution in [0.3, 0.4) is 0 Å². The molecule has 2 heterocycles. The standard InChI is InChI=1S/C37H38N4O6/c1-23-34(21-41(2)20-33(44)26-7-6-10-29(43)18-26)46-37(47-35(23)25-15-13-24(22-42)14-16-25)27-8-5-9-28(17-27)39-36(45)32-19-38-30-11-3-4-12-31(30)40-32/h3-19,23,33-35,37,42-44H,20-22H2,1-2H3,(H,39,45)/t23-,33-,34+,35+,37+/m1/s1. The summed E-state index contributed by atoms with van der Waals surface area (Å²) in [4.78, 5) is 23.9. The van der Waals surface area contributed by atoms with Crippen molar-refractivity contribution >= 4 is 22.6 Å². The Morgan fingerprint density at radius 2 is 1.70 bits per heavy atom. The summed E-state index contributed by atoms with van der Waals surface area (Å²) in [6.07, 6.45) is -0.708. The second-order valence-corrected chi connectivity index (χ2v) is 12.0. The Kier molecular flexibility index (Phi) is 9.86. The number of hydrogen-bond acceptors (Lipinski definition) is 9. The van der Waals surface area contributed by atoms with Gasteiger partial charge in [0, 0.05) is 30.3 Å². The molecule has 10 nitrogen and oxygen atoms in total. The van der Waals surface area contributed by atoms with Gasteiger partial charge in [0.2, 0.25) is 0 Å². The van der Waals surface area contributed by atoms with E-state index in [1.807, 2.05) is 78.7 Å². The van der Waals surface area contributed by atoms with Crippen LogP contribution >= 0.6 is 0 Å². The van der Waals surface area contributed by atoms with Crippen LogP contribution < -0.4 is 5.32 Å². The van der Waals surface area contributed by atoms with E-state index >= 15 is 0 Å². The summed E-state index contributed by atoms with van der Waals surface area (Å²) >= 11 is 0. The predicted molar refractivity (Wildman–Crippen MR) is 177 cm³/mol. The van der Waals surface area contributed by atoms with Crippen LogP contribution in [-0.2, 0) is 16.1 Å². The molecule has 242 valence electrons. The molecule has 5 atom stereocenters. The highest BCUT2D eigenvalue weighted by Gasteiger charge is 2.39. The van der Waals surface area contributed by atoms with Crippen LogP contribution in [0.4, 0.5) is 5.69 Å². The van der Waals surface area contributed by atoms with Gasteiger partial charge in [0.05, 0.1) is 42.1 Å². The fraction of sp³-hybridized carbons (Fsp3) is 0.270. The molecule has 0 saturated carbocycles. The molecule has 1 saturated heterocycles. The Morgan fingerprint density at radius 1 is 0.936 bits per heavy atom. The lowest BCUT2D eigenvalue weighted by molar-refractivity contribution is -0.276. The molecule has 5 aromatic rings. The van der Waals surface area contributed by atoms with Crippen molar-refractivity contribution in [3.63, 3.8) is 0 Å². The maximum atomic E-state index is 13.1. The molecule has 0 spiro atoms. The van der Waals surface area contributed by atoms with Gasteiger partial charge >= 0.3 is 0 Å². The Balaban J connectivity index is 1.22. The first-order valence-corrected chi connectivity index (χ1v) is 15.6. The summed E-state index contributed by atoms with van der Waals surface area (Å²) in [5, 5.41) is 33.2. The lowest BCUT2D eigenvalue weighted by Crippen LogP contribution is -2.44. The number of nitrogens with one attached hydrogen (secondary N) is 1. The number of nitrogens with zero attached hydrogens (tertiary/aromatic N) is 3. The van der Waals surface area contributed by atoms with Gasteiger partial charge < -0.3 is 35.0 Å². The van der Waals surface area contributed by atoms with Gasteiger partial charge in [0.15, 0.2) is 6.29 Å². The molecule has 47 heavy (non-hydrogen) atoms. The van der Waals surface area contributed by atoms with E-state index in [0.29, 0.717) is 35.4 Å². The lowest BCUT2D eigenvalue weighted by Gasteiger charge is -2.42. The van der Waals surface area contributed by atoms with Gasteiger partial charge in [-0.2, -0.15) is 0 Å². The quantitative estimate of drug-likeness (QED) is 0.156. The first-order chi connectivity index (χ1) is 22.8. The van der Waals surface area contributed by atoms with Crippen LogP contribution in [-0.4, -0.2) is 62.3 Å². The van der Waals surface area contributed by atoms with Crippen LogP contribution in [0.1, 0.15) is 58.2 Å². The van der Waals surface area contributed by atoms with Crippen LogP contribution in [0.2, 0.25) is 0 Å². The Labute approximate surface area is 273 Å². The predicted octanol–water partition coefficient (Wildman–Crippen LogP) is 5.54. The third kappa shape index (κ3) is 7.65. The third-order valence-electron chi connectivity index (χ3n) is 8.45. The van der Waals surface area contributed by atoms with E-state index in [4.69, 9.17) is 9.47 Å². The van der Waals surface area contributed by atoms with Crippen molar-refractivity contribution in [2.45, 2.75) is 38.1 Å². The monoisotopic (exact) mass is 634 g/mol. The summed E-state index contributed by atoms with van der Waals surface area (Å²) in [5.74, 6) is -0.348. The Bertz CT molecular complexity index is 1830. The summed E-state index contributed by atoms with van der Waals surface area (Å²) < 4.78 is 13.2. The van der Waals surface area contributed by atoms with Crippen LogP contribution in [0, 0.1) is 5.92 Å². The van der Waals surface area contributed by atoms with Crippen LogP contribution in [0.25, 0.3) is 11.0 Å². The van der Waals surface area contributed by atoms with Crippen LogP contribution in [0.15, 0.2) is 103 Å². The highest BCUT2D eigenvalue weighted by atomic mass is 16.7. The molecule has 0 radical (unpaired) electrons. The number of ether oxygens (including phenoxy) is 2. The molecule has 4 N–H and O–H groups in total. The first-order valence-electron chi connectivity index (χ1n) is 15.6. The maximum absolute atomic E-state index is 13.1. The number of aromatic nitrogens is 2. The number of amides is 1. The number of fused-ring (bicyclic) bond motifs is 1. The van der Waals surface area contributed by atoms with Gasteiger partial charge in [-0.1, -0.05) is 67.6 Å². The lowest BCUT2D eigenvalue weighted by atomic mass is 9.90. The van der Waals surface area contributed by atoms with E-state index in [0.717, 1.165) is 16.7 Å². The molecule has 1 fully saturated rings. The molecule has 10 heteroatoms. The second-order valence-electron chi connectivity index (χ2n) is 12.0. The van der Waals surface area contributed by atoms with Crippen molar-refractivity contribution in [1.82, 2.24) is 14.9 Å². The fourth-order valence-electron chi connectivity index (χ4n) is 5.87. The SMILES string of the molecule is C[C@@H]1[C@H](CN(C)C[C@@H](O)c2cccc(O)c2)O[C@H](c2cccc(NC(=O)c3cnc4ccccc4n3)c2)O[C@@H]1c1ccc(CO)cc1. The number of carbonyl (C=O) groups is 1. The van der Waals surface area contributed by atoms with Gasteiger partial charge in [0.25, 0.3) is 5.91 Å². The number of phenols is 1. The number of likely N-dealkylation sites (N-methyl/N-ethyl adjacent to an activating group) is 1. The molecule has 1 amide bonds. The van der Waals surface area contributed by atoms with E-state index in [9.17, 15) is 20.1 Å². The number of aromatic hydroxyl groups is 1. The van der Waals surface area contributed by atoms with Gasteiger partial charge in [-0.15, -0.1) is 0 Å². The Morgan fingerprint density at radius 3 is 2.47 bits per heavy atom. The first kappa shape index (κ1) is 32.2. The molecule has 6 rings (SSSR count). The number of phenolic OH excluding ortho intramolecular Hbond substituents is 1. The molecule has 0 bridgehead atoms. The number of aliphatic hydroxyl groups is 2. The van der Waals surface area contributed by atoms with E-state index in [1.54, 1.807) is 30.3 Å². The van der Waals surface area contributed by atoms with Crippen LogP contribution in [0.5, 0.6) is 5.75 Å². The van der Waals surface area contributed by atoms with Crippen molar-refractivity contribution in [2.24, 2.45) is 5.92 Å². The zero-order valence-electron chi connectivity index (χ0n) is 26.2. The largest absolute Gasteiger partial charge is 0.508 e. The topological polar surface area (TPSA) is 137 Å². The average Bonchev–Trinajstić information content (AvgIpc) is 3.09.